The van der Waals surface area contributed by atoms with E-state index in [9.17, 15) is 4.79 Å². The van der Waals surface area contributed by atoms with Gasteiger partial charge in [-0.3, -0.25) is 0 Å². The highest BCUT2D eigenvalue weighted by molar-refractivity contribution is 5.80. The van der Waals surface area contributed by atoms with E-state index in [1.807, 2.05) is 24.3 Å². The molecule has 2 fully saturated rings. The number of hydrogen-bond acceptors (Lipinski definition) is 5. The Kier molecular flexibility index (Phi) is 4.12. The molecule has 114 valence electrons. The zero-order valence-electron chi connectivity index (χ0n) is 12.2. The van der Waals surface area contributed by atoms with Gasteiger partial charge in [0.25, 0.3) is 0 Å². The highest BCUT2D eigenvalue weighted by atomic mass is 16.6. The number of rotatable bonds is 6. The average Bonchev–Trinajstić information content (AvgIpc) is 3.23. The number of methoxy groups -OCH3 is 1. The lowest BCUT2D eigenvalue weighted by molar-refractivity contribution is -0.163. The van der Waals surface area contributed by atoms with Gasteiger partial charge in [0, 0.05) is 13.0 Å². The van der Waals surface area contributed by atoms with Crippen molar-refractivity contribution in [3.05, 3.63) is 29.8 Å². The molecule has 2 heterocycles. The zero-order chi connectivity index (χ0) is 14.7. The fraction of sp³-hybridized carbons (Fsp3) is 0.562. The quantitative estimate of drug-likeness (QED) is 0.590. The molecule has 2 aliphatic rings. The van der Waals surface area contributed by atoms with Gasteiger partial charge in [-0.2, -0.15) is 0 Å². The van der Waals surface area contributed by atoms with Crippen LogP contribution < -0.4 is 4.74 Å². The summed E-state index contributed by atoms with van der Waals surface area (Å²) in [5, 5.41) is 0. The maximum atomic E-state index is 12.1. The van der Waals surface area contributed by atoms with Gasteiger partial charge in [0.15, 0.2) is 5.60 Å². The van der Waals surface area contributed by atoms with Crippen molar-refractivity contribution in [2.45, 2.75) is 31.0 Å². The van der Waals surface area contributed by atoms with Crippen molar-refractivity contribution in [3.63, 3.8) is 0 Å². The smallest absolute Gasteiger partial charge is 0.338 e. The monoisotopic (exact) mass is 292 g/mol. The van der Waals surface area contributed by atoms with Crippen molar-refractivity contribution in [1.82, 2.24) is 0 Å². The van der Waals surface area contributed by atoms with Crippen LogP contribution in [-0.2, 0) is 25.4 Å². The Hall–Kier alpha value is -1.59. The largest absolute Gasteiger partial charge is 0.491 e. The second kappa shape index (κ2) is 6.03. The molecule has 0 aliphatic carbocycles. The molecule has 2 atom stereocenters. The minimum atomic E-state index is -0.840. The highest BCUT2D eigenvalue weighted by Crippen LogP contribution is 2.31. The average molecular weight is 292 g/mol. The summed E-state index contributed by atoms with van der Waals surface area (Å²) in [4.78, 5) is 12.1. The van der Waals surface area contributed by atoms with Crippen molar-refractivity contribution >= 4 is 5.97 Å². The Morgan fingerprint density at radius 1 is 1.48 bits per heavy atom. The van der Waals surface area contributed by atoms with Crippen LogP contribution in [0.4, 0.5) is 0 Å². The maximum absolute atomic E-state index is 12.1. The number of carbonyl (C=O) groups is 1. The van der Waals surface area contributed by atoms with E-state index < -0.39 is 5.60 Å². The van der Waals surface area contributed by atoms with Crippen LogP contribution in [0.15, 0.2) is 24.3 Å². The summed E-state index contributed by atoms with van der Waals surface area (Å²) in [6.45, 7) is 1.95. The van der Waals surface area contributed by atoms with Gasteiger partial charge >= 0.3 is 5.97 Å². The molecular formula is C16H20O5. The third kappa shape index (κ3) is 3.36. The number of ether oxygens (including phenoxy) is 4. The predicted molar refractivity (Wildman–Crippen MR) is 75.3 cm³/mol. The summed E-state index contributed by atoms with van der Waals surface area (Å²) in [7, 11) is 1.40. The molecule has 1 aromatic rings. The van der Waals surface area contributed by atoms with Gasteiger partial charge in [-0.1, -0.05) is 12.1 Å². The Morgan fingerprint density at radius 3 is 3.00 bits per heavy atom. The molecule has 0 radical (unpaired) electrons. The minimum absolute atomic E-state index is 0.230. The summed E-state index contributed by atoms with van der Waals surface area (Å²) < 4.78 is 21.4. The van der Waals surface area contributed by atoms with Crippen LogP contribution in [0.25, 0.3) is 0 Å². The summed E-state index contributed by atoms with van der Waals surface area (Å²) >= 11 is 0. The second-order valence-electron chi connectivity index (χ2n) is 5.53. The molecular weight excluding hydrogens is 272 g/mol. The molecule has 0 amide bonds. The molecule has 2 saturated heterocycles. The van der Waals surface area contributed by atoms with E-state index in [2.05, 4.69) is 0 Å². The molecule has 0 aromatic heterocycles. The van der Waals surface area contributed by atoms with Crippen molar-refractivity contribution < 1.29 is 23.7 Å². The molecule has 0 spiro atoms. The fourth-order valence-corrected chi connectivity index (χ4v) is 2.68. The van der Waals surface area contributed by atoms with Gasteiger partial charge < -0.3 is 18.9 Å². The first kappa shape index (κ1) is 14.4. The summed E-state index contributed by atoms with van der Waals surface area (Å²) in [5.74, 6) is 0.499. The van der Waals surface area contributed by atoms with E-state index in [4.69, 9.17) is 18.9 Å². The molecule has 3 rings (SSSR count). The lowest BCUT2D eigenvalue weighted by Gasteiger charge is -2.25. The summed E-state index contributed by atoms with van der Waals surface area (Å²) in [5.41, 5.74) is 0.170. The number of hydrogen-bond donors (Lipinski definition) is 0. The lowest BCUT2D eigenvalue weighted by atomic mass is 9.91. The zero-order valence-corrected chi connectivity index (χ0v) is 12.2. The minimum Gasteiger partial charge on any atom is -0.491 e. The van der Waals surface area contributed by atoms with Crippen LogP contribution in [0.5, 0.6) is 5.75 Å². The summed E-state index contributed by atoms with van der Waals surface area (Å²) in [6, 6.07) is 7.77. The third-order valence-electron chi connectivity index (χ3n) is 3.89. The molecule has 2 aliphatic heterocycles. The van der Waals surface area contributed by atoms with E-state index in [1.165, 1.54) is 7.11 Å². The number of benzene rings is 1. The fourth-order valence-electron chi connectivity index (χ4n) is 2.68. The Morgan fingerprint density at radius 2 is 2.33 bits per heavy atom. The molecule has 5 heteroatoms. The van der Waals surface area contributed by atoms with Gasteiger partial charge in [0.2, 0.25) is 0 Å². The normalized spacial score (nSPS) is 27.4. The van der Waals surface area contributed by atoms with Crippen molar-refractivity contribution in [1.29, 1.82) is 0 Å². The van der Waals surface area contributed by atoms with Crippen molar-refractivity contribution in [3.8, 4) is 5.75 Å². The first-order valence-corrected chi connectivity index (χ1v) is 7.27. The maximum Gasteiger partial charge on any atom is 0.338 e. The molecule has 0 saturated carbocycles. The first-order valence-electron chi connectivity index (χ1n) is 7.27. The second-order valence-corrected chi connectivity index (χ2v) is 5.53. The van der Waals surface area contributed by atoms with Crippen molar-refractivity contribution in [2.24, 2.45) is 0 Å². The van der Waals surface area contributed by atoms with Gasteiger partial charge in [-0.05, 0) is 30.5 Å². The van der Waals surface area contributed by atoms with Crippen LogP contribution in [0.3, 0.4) is 0 Å². The molecule has 1 aromatic carbocycles. The van der Waals surface area contributed by atoms with Crippen LogP contribution >= 0.6 is 0 Å². The molecule has 0 bridgehead atoms. The van der Waals surface area contributed by atoms with Crippen LogP contribution in [0, 0.1) is 0 Å². The third-order valence-corrected chi connectivity index (χ3v) is 3.89. The molecule has 0 N–H and O–H groups in total. The van der Waals surface area contributed by atoms with Crippen LogP contribution in [-0.4, -0.2) is 44.6 Å². The van der Waals surface area contributed by atoms with E-state index in [-0.39, 0.29) is 12.1 Å². The predicted octanol–water partition coefficient (Wildman–Crippen LogP) is 1.73. The standard InChI is InChI=1S/C16H20O5/c1-18-15(17)16(6-3-7-21-16)9-12-4-2-5-13(8-12)19-10-14-11-20-14/h2,4-5,8,14H,3,6-7,9-11H2,1H3/t14-,16?/m1/s1. The Labute approximate surface area is 124 Å². The molecule has 5 nitrogen and oxygen atoms in total. The van der Waals surface area contributed by atoms with E-state index in [0.29, 0.717) is 26.1 Å². The summed E-state index contributed by atoms with van der Waals surface area (Å²) in [6.07, 6.45) is 2.31. The molecule has 21 heavy (non-hydrogen) atoms. The van der Waals surface area contributed by atoms with Gasteiger partial charge in [0.05, 0.1) is 13.7 Å². The van der Waals surface area contributed by atoms with E-state index in [1.54, 1.807) is 0 Å². The van der Waals surface area contributed by atoms with Crippen LogP contribution in [0.2, 0.25) is 0 Å². The lowest BCUT2D eigenvalue weighted by Crippen LogP contribution is -2.41. The highest BCUT2D eigenvalue weighted by Gasteiger charge is 2.43. The SMILES string of the molecule is COC(=O)C1(Cc2cccc(OC[C@@H]3CO3)c2)CCCO1. The Balaban J connectivity index is 1.70. The number of carbonyl (C=O) groups excluding carboxylic acids is 1. The number of epoxide rings is 1. The van der Waals surface area contributed by atoms with E-state index in [0.717, 1.165) is 24.3 Å². The van der Waals surface area contributed by atoms with Crippen LogP contribution in [0.1, 0.15) is 18.4 Å². The van der Waals surface area contributed by atoms with Gasteiger partial charge in [-0.25, -0.2) is 4.79 Å². The number of esters is 1. The van der Waals surface area contributed by atoms with Gasteiger partial charge in [-0.15, -0.1) is 0 Å². The first-order chi connectivity index (χ1) is 10.2. The Bertz CT molecular complexity index is 503. The molecule has 1 unspecified atom stereocenters. The van der Waals surface area contributed by atoms with Gasteiger partial charge in [0.1, 0.15) is 18.5 Å². The van der Waals surface area contributed by atoms with Crippen molar-refractivity contribution in [2.75, 3.05) is 26.9 Å². The topological polar surface area (TPSA) is 57.3 Å². The van der Waals surface area contributed by atoms with E-state index >= 15 is 0 Å².